The highest BCUT2D eigenvalue weighted by atomic mass is 15.5. The van der Waals surface area contributed by atoms with Crippen molar-refractivity contribution in [3.8, 4) is 11.4 Å². The Morgan fingerprint density at radius 3 is 2.07 bits per heavy atom. The Balaban J connectivity index is 1.31. The van der Waals surface area contributed by atoms with Crippen LogP contribution in [0.5, 0.6) is 0 Å². The number of rotatable bonds is 11. The van der Waals surface area contributed by atoms with E-state index in [9.17, 15) is 0 Å². The van der Waals surface area contributed by atoms with Crippen molar-refractivity contribution in [1.82, 2.24) is 9.97 Å². The molecule has 0 saturated heterocycles. The maximum Gasteiger partial charge on any atom is 0.138 e. The van der Waals surface area contributed by atoms with Crippen LogP contribution in [0.15, 0.2) is 108 Å². The topological polar surface area (TPSA) is 50.8 Å². The zero-order valence-electron chi connectivity index (χ0n) is 26.2. The SMILES string of the molecule is CCN(CC)c1ccc(C=CC2=NN(c3cccc(-c4nc5ccccc5[nH]4)c3)C(c3ccc(N(CC)CC)cc3)C2)cc1. The van der Waals surface area contributed by atoms with Crippen molar-refractivity contribution < 1.29 is 0 Å². The molecule has 0 saturated carbocycles. The van der Waals surface area contributed by atoms with Gasteiger partial charge in [0.15, 0.2) is 0 Å². The van der Waals surface area contributed by atoms with Gasteiger partial charge in [-0.3, -0.25) is 5.01 Å². The van der Waals surface area contributed by atoms with Crippen LogP contribution < -0.4 is 14.8 Å². The number of fused-ring (bicyclic) bond motifs is 1. The van der Waals surface area contributed by atoms with Crippen LogP contribution >= 0.6 is 0 Å². The molecular formula is C38H42N6. The van der Waals surface area contributed by atoms with Crippen molar-refractivity contribution in [1.29, 1.82) is 0 Å². The highest BCUT2D eigenvalue weighted by molar-refractivity contribution is 6.01. The average Bonchev–Trinajstić information content (AvgIpc) is 3.71. The number of hydrogen-bond acceptors (Lipinski definition) is 5. The Kier molecular flexibility index (Phi) is 8.78. The summed E-state index contributed by atoms with van der Waals surface area (Å²) in [5.74, 6) is 0.865. The highest BCUT2D eigenvalue weighted by Gasteiger charge is 2.29. The Bertz CT molecular complexity index is 1710. The molecule has 6 heteroatoms. The van der Waals surface area contributed by atoms with Crippen LogP contribution in [-0.4, -0.2) is 41.9 Å². The fourth-order valence-electron chi connectivity index (χ4n) is 6.09. The molecule has 0 fully saturated rings. The molecule has 0 aliphatic carbocycles. The summed E-state index contributed by atoms with van der Waals surface area (Å²) in [4.78, 5) is 13.1. The lowest BCUT2D eigenvalue weighted by molar-refractivity contribution is 0.709. The molecule has 0 radical (unpaired) electrons. The third-order valence-corrected chi connectivity index (χ3v) is 8.60. The standard InChI is InChI=1S/C38H42N6/c1-5-42(6-2)32-22-17-28(18-23-32)16-21-31-27-37(29-19-24-33(25-20-29)43(7-3)8-4)44(41-31)34-13-11-12-30(26-34)38-39-35-14-9-10-15-36(35)40-38/h9-26,37H,5-8,27H2,1-4H3,(H,39,40). The minimum atomic E-state index is 0.0939. The minimum absolute atomic E-state index is 0.0939. The molecule has 0 amide bonds. The van der Waals surface area contributed by atoms with E-state index >= 15 is 0 Å². The van der Waals surface area contributed by atoms with E-state index in [0.717, 1.165) is 66.4 Å². The molecule has 5 aromatic rings. The first-order valence-electron chi connectivity index (χ1n) is 15.9. The largest absolute Gasteiger partial charge is 0.372 e. The van der Waals surface area contributed by atoms with Crippen molar-refractivity contribution in [2.45, 2.75) is 40.2 Å². The molecule has 1 aromatic heterocycles. The number of aromatic nitrogens is 2. The summed E-state index contributed by atoms with van der Waals surface area (Å²) < 4.78 is 0. The number of benzene rings is 4. The molecular weight excluding hydrogens is 540 g/mol. The number of hydrogen-bond donors (Lipinski definition) is 1. The molecule has 1 N–H and O–H groups in total. The van der Waals surface area contributed by atoms with Gasteiger partial charge in [-0.1, -0.05) is 54.6 Å². The van der Waals surface area contributed by atoms with Gasteiger partial charge in [0, 0.05) is 49.5 Å². The summed E-state index contributed by atoms with van der Waals surface area (Å²) in [7, 11) is 0. The normalized spacial score (nSPS) is 14.9. The van der Waals surface area contributed by atoms with E-state index in [1.165, 1.54) is 22.5 Å². The fraction of sp³-hybridized carbons (Fsp3) is 0.263. The van der Waals surface area contributed by atoms with Crippen molar-refractivity contribution >= 4 is 39.9 Å². The second kappa shape index (κ2) is 13.2. The maximum absolute atomic E-state index is 5.18. The molecule has 44 heavy (non-hydrogen) atoms. The molecule has 0 spiro atoms. The molecule has 0 bridgehead atoms. The molecule has 6 nitrogen and oxygen atoms in total. The summed E-state index contributed by atoms with van der Waals surface area (Å²) in [6.45, 7) is 12.8. The van der Waals surface area contributed by atoms with E-state index in [-0.39, 0.29) is 6.04 Å². The van der Waals surface area contributed by atoms with Gasteiger partial charge in [-0.25, -0.2) is 4.98 Å². The number of aromatic amines is 1. The number of imidazole rings is 1. The van der Waals surface area contributed by atoms with Gasteiger partial charge in [0.2, 0.25) is 0 Å². The summed E-state index contributed by atoms with van der Waals surface area (Å²) in [6, 6.07) is 34.6. The van der Waals surface area contributed by atoms with Crippen LogP contribution in [0.4, 0.5) is 17.1 Å². The predicted octanol–water partition coefficient (Wildman–Crippen LogP) is 8.94. The number of para-hydroxylation sites is 2. The minimum Gasteiger partial charge on any atom is -0.372 e. The molecule has 2 heterocycles. The number of H-pyrrole nitrogens is 1. The molecule has 1 atom stereocenters. The number of hydrazone groups is 1. The van der Waals surface area contributed by atoms with Crippen LogP contribution in [0.3, 0.4) is 0 Å². The molecule has 1 aliphatic rings. The van der Waals surface area contributed by atoms with E-state index in [1.807, 2.05) is 18.2 Å². The van der Waals surface area contributed by atoms with Gasteiger partial charge >= 0.3 is 0 Å². The van der Waals surface area contributed by atoms with Gasteiger partial charge in [-0.05, 0) is 93.4 Å². The number of allylic oxidation sites excluding steroid dienone is 1. The van der Waals surface area contributed by atoms with Crippen LogP contribution in [-0.2, 0) is 0 Å². The second-order valence-electron chi connectivity index (χ2n) is 11.2. The lowest BCUT2D eigenvalue weighted by Gasteiger charge is -2.26. The summed E-state index contributed by atoms with van der Waals surface area (Å²) in [5.41, 5.74) is 10.1. The Morgan fingerprint density at radius 2 is 1.41 bits per heavy atom. The number of nitrogens with zero attached hydrogens (tertiary/aromatic N) is 5. The fourth-order valence-corrected chi connectivity index (χ4v) is 6.09. The third-order valence-electron chi connectivity index (χ3n) is 8.60. The number of anilines is 3. The van der Waals surface area contributed by atoms with Gasteiger partial charge < -0.3 is 14.8 Å². The van der Waals surface area contributed by atoms with Crippen molar-refractivity contribution in [3.63, 3.8) is 0 Å². The zero-order valence-corrected chi connectivity index (χ0v) is 26.2. The monoisotopic (exact) mass is 582 g/mol. The average molecular weight is 583 g/mol. The van der Waals surface area contributed by atoms with Crippen molar-refractivity contribution in [2.75, 3.05) is 41.0 Å². The molecule has 1 unspecified atom stereocenters. The second-order valence-corrected chi connectivity index (χ2v) is 11.2. The first-order chi connectivity index (χ1) is 21.6. The molecule has 1 aliphatic heterocycles. The van der Waals surface area contributed by atoms with Gasteiger partial charge in [-0.2, -0.15) is 5.10 Å². The predicted molar refractivity (Wildman–Crippen MR) is 188 cm³/mol. The summed E-state index contributed by atoms with van der Waals surface area (Å²) >= 11 is 0. The lowest BCUT2D eigenvalue weighted by Crippen LogP contribution is -2.22. The highest BCUT2D eigenvalue weighted by Crippen LogP contribution is 2.38. The Hall–Kier alpha value is -4.84. The Labute approximate surface area is 261 Å². The van der Waals surface area contributed by atoms with Crippen molar-refractivity contribution in [2.24, 2.45) is 5.10 Å². The number of nitrogens with one attached hydrogen (secondary N) is 1. The van der Waals surface area contributed by atoms with E-state index in [4.69, 9.17) is 10.1 Å². The van der Waals surface area contributed by atoms with Gasteiger partial charge in [0.1, 0.15) is 5.82 Å². The van der Waals surface area contributed by atoms with E-state index in [1.54, 1.807) is 0 Å². The molecule has 4 aromatic carbocycles. The van der Waals surface area contributed by atoms with Gasteiger partial charge in [0.25, 0.3) is 0 Å². The van der Waals surface area contributed by atoms with Crippen molar-refractivity contribution in [3.05, 3.63) is 114 Å². The quantitative estimate of drug-likeness (QED) is 0.169. The first kappa shape index (κ1) is 29.2. The van der Waals surface area contributed by atoms with Gasteiger partial charge in [-0.15, -0.1) is 0 Å². The lowest BCUT2D eigenvalue weighted by atomic mass is 10.00. The summed E-state index contributed by atoms with van der Waals surface area (Å²) in [6.07, 6.45) is 5.18. The van der Waals surface area contributed by atoms with E-state index in [2.05, 4.69) is 139 Å². The summed E-state index contributed by atoms with van der Waals surface area (Å²) in [5, 5.41) is 7.37. The van der Waals surface area contributed by atoms with Gasteiger partial charge in [0.05, 0.1) is 28.5 Å². The zero-order chi connectivity index (χ0) is 30.5. The van der Waals surface area contributed by atoms with E-state index < -0.39 is 0 Å². The van der Waals surface area contributed by atoms with Crippen LogP contribution in [0.2, 0.25) is 0 Å². The molecule has 224 valence electrons. The van der Waals surface area contributed by atoms with Crippen LogP contribution in [0.25, 0.3) is 28.5 Å². The third kappa shape index (κ3) is 6.11. The first-order valence-corrected chi connectivity index (χ1v) is 15.9. The molecule has 6 rings (SSSR count). The van der Waals surface area contributed by atoms with Crippen LogP contribution in [0.1, 0.15) is 51.3 Å². The maximum atomic E-state index is 5.18. The van der Waals surface area contributed by atoms with E-state index in [0.29, 0.717) is 0 Å². The smallest absolute Gasteiger partial charge is 0.138 e. The Morgan fingerprint density at radius 1 is 0.750 bits per heavy atom. The van der Waals surface area contributed by atoms with Crippen LogP contribution in [0, 0.1) is 0 Å².